The Morgan fingerprint density at radius 3 is 2.83 bits per heavy atom. The number of methoxy groups -OCH3 is 1. The summed E-state index contributed by atoms with van der Waals surface area (Å²) < 4.78 is 10.6. The molecule has 29 heavy (non-hydrogen) atoms. The maximum Gasteiger partial charge on any atom is 0.238 e. The zero-order chi connectivity index (χ0) is 20.0. The summed E-state index contributed by atoms with van der Waals surface area (Å²) in [5.41, 5.74) is 2.48. The van der Waals surface area contributed by atoms with Crippen molar-refractivity contribution >= 4 is 27.3 Å². The molecule has 1 aliphatic rings. The third-order valence-corrected chi connectivity index (χ3v) is 6.80. The van der Waals surface area contributed by atoms with Crippen LogP contribution >= 0.6 is 27.3 Å². The lowest BCUT2D eigenvalue weighted by atomic mass is 9.97. The number of aromatic nitrogens is 6. The van der Waals surface area contributed by atoms with Gasteiger partial charge in [0.2, 0.25) is 5.88 Å². The number of nitrogens with zero attached hydrogens (tertiary/aromatic N) is 6. The van der Waals surface area contributed by atoms with E-state index in [1.807, 2.05) is 34.5 Å². The Bertz CT molecular complexity index is 1180. The summed E-state index contributed by atoms with van der Waals surface area (Å²) in [4.78, 5) is 15.1. The van der Waals surface area contributed by atoms with Gasteiger partial charge in [-0.05, 0) is 60.0 Å². The van der Waals surface area contributed by atoms with Gasteiger partial charge in [-0.15, -0.1) is 16.4 Å². The van der Waals surface area contributed by atoms with Crippen LogP contribution in [0.25, 0.3) is 17.2 Å². The summed E-state index contributed by atoms with van der Waals surface area (Å²) in [6.07, 6.45) is 5.87. The van der Waals surface area contributed by atoms with E-state index in [4.69, 9.17) is 14.8 Å². The van der Waals surface area contributed by atoms with Crippen LogP contribution in [-0.2, 0) is 6.54 Å². The highest BCUT2D eigenvalue weighted by Crippen LogP contribution is 2.38. The number of pyridine rings is 1. The number of aryl methyl sites for hydroxylation is 2. The molecule has 5 rings (SSSR count). The van der Waals surface area contributed by atoms with E-state index in [0.29, 0.717) is 17.4 Å². The van der Waals surface area contributed by atoms with Gasteiger partial charge in [0.05, 0.1) is 28.8 Å². The van der Waals surface area contributed by atoms with Crippen molar-refractivity contribution in [1.82, 2.24) is 29.3 Å². The minimum atomic E-state index is 0.274. The van der Waals surface area contributed by atoms with Crippen LogP contribution < -0.4 is 4.74 Å². The number of thiophene rings is 1. The van der Waals surface area contributed by atoms with Crippen molar-refractivity contribution in [3.8, 4) is 23.1 Å². The highest BCUT2D eigenvalue weighted by molar-refractivity contribution is 9.11. The van der Waals surface area contributed by atoms with E-state index >= 15 is 0 Å². The normalized spacial score (nSPS) is 16.0. The first-order chi connectivity index (χ1) is 14.1. The van der Waals surface area contributed by atoms with Crippen LogP contribution in [0.4, 0.5) is 0 Å². The third-order valence-electron chi connectivity index (χ3n) is 5.06. The van der Waals surface area contributed by atoms with E-state index in [1.165, 1.54) is 4.88 Å². The number of imidazole rings is 1. The summed E-state index contributed by atoms with van der Waals surface area (Å²) >= 11 is 5.33. The molecule has 1 aliphatic heterocycles. The molecule has 148 valence electrons. The van der Waals surface area contributed by atoms with E-state index < -0.39 is 0 Å². The second-order valence-corrected chi connectivity index (χ2v) is 9.50. The van der Waals surface area contributed by atoms with Crippen molar-refractivity contribution in [3.05, 3.63) is 57.0 Å². The minimum absolute atomic E-state index is 0.274. The van der Waals surface area contributed by atoms with Crippen LogP contribution in [0, 0.1) is 6.92 Å². The number of hydrogen-bond acceptors (Lipinski definition) is 6. The molecule has 1 atom stereocenters. The second kappa shape index (κ2) is 7.38. The molecule has 9 heteroatoms. The largest absolute Gasteiger partial charge is 0.479 e. The zero-order valence-corrected chi connectivity index (χ0v) is 18.4. The molecule has 0 spiro atoms. The quantitative estimate of drug-likeness (QED) is 0.436. The summed E-state index contributed by atoms with van der Waals surface area (Å²) in [5.74, 6) is 2.44. The van der Waals surface area contributed by atoms with E-state index in [-0.39, 0.29) is 5.92 Å². The lowest BCUT2D eigenvalue weighted by Gasteiger charge is -2.20. The van der Waals surface area contributed by atoms with Gasteiger partial charge >= 0.3 is 0 Å². The van der Waals surface area contributed by atoms with Gasteiger partial charge in [-0.2, -0.15) is 0 Å². The van der Waals surface area contributed by atoms with Gasteiger partial charge in [0.15, 0.2) is 5.82 Å². The lowest BCUT2D eigenvalue weighted by molar-refractivity contribution is 0.396. The van der Waals surface area contributed by atoms with Gasteiger partial charge in [-0.1, -0.05) is 0 Å². The lowest BCUT2D eigenvalue weighted by Crippen LogP contribution is -2.17. The van der Waals surface area contributed by atoms with Crippen molar-refractivity contribution in [2.75, 3.05) is 7.11 Å². The van der Waals surface area contributed by atoms with Crippen molar-refractivity contribution in [1.29, 1.82) is 0 Å². The molecule has 7 nitrogen and oxygen atoms in total. The average molecular weight is 471 g/mol. The maximum absolute atomic E-state index is 5.54. The molecule has 4 aromatic heterocycles. The summed E-state index contributed by atoms with van der Waals surface area (Å²) in [6, 6.07) is 8.17. The molecule has 0 amide bonds. The Kier molecular flexibility index (Phi) is 4.71. The molecule has 0 bridgehead atoms. The van der Waals surface area contributed by atoms with Crippen LogP contribution in [0.3, 0.4) is 0 Å². The van der Waals surface area contributed by atoms with Gasteiger partial charge in [0.25, 0.3) is 0 Å². The standard InChI is InChI=1S/C20H19BrN6OS/c1-12-10-26(11-22-12)15-6-5-14(23-20(15)28-2)18-24-19-13(4-3-9-27(19)25-18)16-7-8-17(21)29-16/h5-8,10-11,13H,3-4,9H2,1-2H3/t13-/m1/s1. The van der Waals surface area contributed by atoms with Crippen molar-refractivity contribution in [2.45, 2.75) is 32.2 Å². The van der Waals surface area contributed by atoms with Crippen LogP contribution in [0.2, 0.25) is 0 Å². The van der Waals surface area contributed by atoms with E-state index in [0.717, 1.165) is 40.4 Å². The van der Waals surface area contributed by atoms with Crippen molar-refractivity contribution in [2.24, 2.45) is 0 Å². The fourth-order valence-corrected chi connectivity index (χ4v) is 5.26. The first-order valence-corrected chi connectivity index (χ1v) is 11.0. The van der Waals surface area contributed by atoms with Crippen LogP contribution in [-0.4, -0.2) is 36.4 Å². The SMILES string of the molecule is COc1nc(-c2nc3n(n2)CCC[C@@H]3c2ccc(Br)s2)ccc1-n1cnc(C)c1. The van der Waals surface area contributed by atoms with Crippen LogP contribution in [0.15, 0.2) is 40.6 Å². The molecule has 5 heterocycles. The number of ether oxygens (including phenoxy) is 1. The fraction of sp³-hybridized carbons (Fsp3) is 0.300. The van der Waals surface area contributed by atoms with Gasteiger partial charge < -0.3 is 9.30 Å². The number of rotatable bonds is 4. The zero-order valence-electron chi connectivity index (χ0n) is 16.0. The molecule has 0 saturated heterocycles. The molecule has 0 fully saturated rings. The van der Waals surface area contributed by atoms with E-state index in [2.05, 4.69) is 38.0 Å². The van der Waals surface area contributed by atoms with Crippen LogP contribution in [0.5, 0.6) is 5.88 Å². The van der Waals surface area contributed by atoms with Gasteiger partial charge in [-0.3, -0.25) is 0 Å². The van der Waals surface area contributed by atoms with Gasteiger partial charge in [-0.25, -0.2) is 19.6 Å². The van der Waals surface area contributed by atoms with E-state index in [9.17, 15) is 0 Å². The predicted octanol–water partition coefficient (Wildman–Crippen LogP) is 4.59. The molecule has 4 aromatic rings. The van der Waals surface area contributed by atoms with Crippen LogP contribution in [0.1, 0.15) is 35.2 Å². The smallest absolute Gasteiger partial charge is 0.238 e. The molecule has 0 N–H and O–H groups in total. The van der Waals surface area contributed by atoms with Crippen molar-refractivity contribution < 1.29 is 4.74 Å². The number of fused-ring (bicyclic) bond motifs is 1. The molecular weight excluding hydrogens is 452 g/mol. The van der Waals surface area contributed by atoms with Gasteiger partial charge in [0, 0.05) is 17.6 Å². The molecule has 0 unspecified atom stereocenters. The predicted molar refractivity (Wildman–Crippen MR) is 115 cm³/mol. The molecule has 0 saturated carbocycles. The second-order valence-electron chi connectivity index (χ2n) is 7.00. The number of halogens is 1. The number of hydrogen-bond donors (Lipinski definition) is 0. The third kappa shape index (κ3) is 3.38. The highest BCUT2D eigenvalue weighted by atomic mass is 79.9. The topological polar surface area (TPSA) is 70.7 Å². The molecule has 0 aliphatic carbocycles. The molecular formula is C20H19BrN6OS. The summed E-state index contributed by atoms with van der Waals surface area (Å²) in [5, 5.41) is 4.75. The minimum Gasteiger partial charge on any atom is -0.479 e. The Morgan fingerprint density at radius 2 is 2.10 bits per heavy atom. The first kappa shape index (κ1) is 18.5. The highest BCUT2D eigenvalue weighted by Gasteiger charge is 2.27. The Labute approximate surface area is 180 Å². The maximum atomic E-state index is 5.54. The monoisotopic (exact) mass is 470 g/mol. The Hall–Kier alpha value is -2.52. The summed E-state index contributed by atoms with van der Waals surface area (Å²) in [7, 11) is 1.62. The fourth-order valence-electron chi connectivity index (χ4n) is 3.70. The van der Waals surface area contributed by atoms with E-state index in [1.54, 1.807) is 24.8 Å². The molecule has 0 radical (unpaired) electrons. The average Bonchev–Trinajstić information content (AvgIpc) is 3.46. The summed E-state index contributed by atoms with van der Waals surface area (Å²) in [6.45, 7) is 2.84. The molecule has 0 aromatic carbocycles. The Balaban J connectivity index is 1.53. The van der Waals surface area contributed by atoms with Gasteiger partial charge in [0.1, 0.15) is 17.2 Å². The van der Waals surface area contributed by atoms with Crippen molar-refractivity contribution in [3.63, 3.8) is 0 Å². The first-order valence-electron chi connectivity index (χ1n) is 9.38. The Morgan fingerprint density at radius 1 is 1.21 bits per heavy atom.